The highest BCUT2D eigenvalue weighted by Gasteiger charge is 2.19. The van der Waals surface area contributed by atoms with Crippen LogP contribution in [0, 0.1) is 0 Å². The molecule has 0 saturated carbocycles. The predicted octanol–water partition coefficient (Wildman–Crippen LogP) is 4.22. The first-order valence-electron chi connectivity index (χ1n) is 9.34. The van der Waals surface area contributed by atoms with Gasteiger partial charge >= 0.3 is 12.1 Å². The highest BCUT2D eigenvalue weighted by atomic mass is 16.6. The summed E-state index contributed by atoms with van der Waals surface area (Å²) in [4.78, 5) is 24.3. The Hall–Kier alpha value is -3.75. The molecule has 30 heavy (non-hydrogen) atoms. The molecular formula is C21H23N5O4. The summed E-state index contributed by atoms with van der Waals surface area (Å²) in [5.74, 6) is 0.405. The maximum Gasteiger partial charge on any atom is 0.412 e. The first-order chi connectivity index (χ1) is 14.2. The third kappa shape index (κ3) is 4.80. The maximum absolute atomic E-state index is 12.4. The van der Waals surface area contributed by atoms with E-state index in [0.717, 1.165) is 0 Å². The lowest BCUT2D eigenvalue weighted by Crippen LogP contribution is -2.27. The second-order valence-corrected chi connectivity index (χ2v) is 7.50. The Balaban J connectivity index is 1.85. The van der Waals surface area contributed by atoms with Crippen LogP contribution in [-0.2, 0) is 9.47 Å². The van der Waals surface area contributed by atoms with Gasteiger partial charge in [0.25, 0.3) is 0 Å². The second kappa shape index (κ2) is 8.32. The third-order valence-electron chi connectivity index (χ3n) is 3.97. The van der Waals surface area contributed by atoms with Crippen LogP contribution in [0.4, 0.5) is 10.5 Å². The molecule has 0 unspecified atom stereocenters. The summed E-state index contributed by atoms with van der Waals surface area (Å²) < 4.78 is 12.0. The lowest BCUT2D eigenvalue weighted by molar-refractivity contribution is 0.0619. The fraction of sp³-hybridized carbons (Fsp3) is 0.286. The van der Waals surface area contributed by atoms with Crippen LogP contribution in [-0.4, -0.2) is 37.5 Å². The van der Waals surface area contributed by atoms with Gasteiger partial charge in [-0.15, -0.1) is 10.2 Å². The van der Waals surface area contributed by atoms with Crippen molar-refractivity contribution in [1.82, 2.24) is 19.8 Å². The van der Waals surface area contributed by atoms with Crippen molar-refractivity contribution in [2.45, 2.75) is 40.2 Å². The number of aromatic nitrogens is 4. The number of nitrogens with zero attached hydrogens (tertiary/aromatic N) is 4. The molecule has 1 aromatic carbocycles. The van der Waals surface area contributed by atoms with E-state index in [2.05, 4.69) is 20.6 Å². The number of hydrogen-bond acceptors (Lipinski definition) is 7. The van der Waals surface area contributed by atoms with Gasteiger partial charge in [0.15, 0.2) is 11.5 Å². The molecule has 0 aliphatic carbocycles. The molecule has 0 radical (unpaired) electrons. The van der Waals surface area contributed by atoms with E-state index in [0.29, 0.717) is 22.8 Å². The zero-order valence-electron chi connectivity index (χ0n) is 17.5. The zero-order chi connectivity index (χ0) is 21.9. The molecule has 156 valence electrons. The van der Waals surface area contributed by atoms with E-state index in [1.165, 1.54) is 16.8 Å². The molecule has 3 rings (SSSR count). The van der Waals surface area contributed by atoms with Crippen LogP contribution >= 0.6 is 0 Å². The minimum atomic E-state index is -0.583. The number of nitrogens with one attached hydrogen (secondary N) is 1. The zero-order valence-corrected chi connectivity index (χ0v) is 17.5. The minimum Gasteiger partial charge on any atom is -0.444 e. The Bertz CT molecular complexity index is 1110. The van der Waals surface area contributed by atoms with Crippen molar-refractivity contribution < 1.29 is 19.1 Å². The van der Waals surface area contributed by atoms with E-state index in [-0.39, 0.29) is 11.2 Å². The number of ether oxygens (including phenoxy) is 2. The lowest BCUT2D eigenvalue weighted by Gasteiger charge is -2.19. The van der Waals surface area contributed by atoms with Gasteiger partial charge in [-0.3, -0.25) is 5.32 Å². The Morgan fingerprint density at radius 3 is 2.43 bits per heavy atom. The van der Waals surface area contributed by atoms with E-state index >= 15 is 0 Å². The van der Waals surface area contributed by atoms with Crippen molar-refractivity contribution in [3.05, 3.63) is 53.9 Å². The molecule has 9 nitrogen and oxygen atoms in total. The van der Waals surface area contributed by atoms with Gasteiger partial charge < -0.3 is 9.47 Å². The summed E-state index contributed by atoms with van der Waals surface area (Å²) in [5.41, 5.74) is 1.24. The van der Waals surface area contributed by atoms with Crippen molar-refractivity contribution >= 4 is 23.4 Å². The van der Waals surface area contributed by atoms with Gasteiger partial charge in [-0.1, -0.05) is 0 Å². The predicted molar refractivity (Wildman–Crippen MR) is 111 cm³/mol. The van der Waals surface area contributed by atoms with Crippen molar-refractivity contribution in [3.63, 3.8) is 0 Å². The summed E-state index contributed by atoms with van der Waals surface area (Å²) >= 11 is 0. The van der Waals surface area contributed by atoms with Crippen molar-refractivity contribution in [2.75, 3.05) is 5.32 Å². The molecule has 0 saturated heterocycles. The quantitative estimate of drug-likeness (QED) is 0.508. The van der Waals surface area contributed by atoms with Crippen LogP contribution < -0.4 is 5.32 Å². The van der Waals surface area contributed by atoms with E-state index in [9.17, 15) is 9.59 Å². The first-order valence-corrected chi connectivity index (χ1v) is 9.34. The molecule has 3 aromatic rings. The van der Waals surface area contributed by atoms with E-state index in [1.807, 2.05) is 0 Å². The fourth-order valence-corrected chi connectivity index (χ4v) is 2.53. The Morgan fingerprint density at radius 2 is 1.80 bits per heavy atom. The molecule has 0 aliphatic rings. The Morgan fingerprint density at radius 1 is 1.10 bits per heavy atom. The minimum absolute atomic E-state index is 0.258. The molecule has 0 atom stereocenters. The molecular weight excluding hydrogens is 386 g/mol. The Kier molecular flexibility index (Phi) is 5.81. The summed E-state index contributed by atoms with van der Waals surface area (Å²) in [6.45, 7) is 8.86. The average molecular weight is 409 g/mol. The van der Waals surface area contributed by atoms with Crippen LogP contribution in [0.2, 0.25) is 0 Å². The fourth-order valence-electron chi connectivity index (χ4n) is 2.53. The molecule has 0 fully saturated rings. The third-order valence-corrected chi connectivity index (χ3v) is 3.97. The highest BCUT2D eigenvalue weighted by molar-refractivity contribution is 5.96. The van der Waals surface area contributed by atoms with Crippen molar-refractivity contribution in [2.24, 2.45) is 0 Å². The number of benzene rings is 1. The van der Waals surface area contributed by atoms with Gasteiger partial charge in [-0.05, 0) is 71.0 Å². The largest absolute Gasteiger partial charge is 0.444 e. The normalized spacial score (nSPS) is 12.0. The molecule has 2 heterocycles. The monoisotopic (exact) mass is 409 g/mol. The van der Waals surface area contributed by atoms with Gasteiger partial charge in [0, 0.05) is 17.4 Å². The molecule has 9 heteroatoms. The number of fused-ring (bicyclic) bond motifs is 1. The molecule has 0 bridgehead atoms. The van der Waals surface area contributed by atoms with E-state index in [1.54, 1.807) is 65.0 Å². The van der Waals surface area contributed by atoms with Crippen molar-refractivity contribution in [3.8, 4) is 11.4 Å². The average Bonchev–Trinajstić information content (AvgIpc) is 3.11. The number of esters is 1. The Labute approximate surface area is 173 Å². The van der Waals surface area contributed by atoms with Gasteiger partial charge in [-0.2, -0.15) is 9.61 Å². The van der Waals surface area contributed by atoms with Crippen molar-refractivity contribution in [1.29, 1.82) is 0 Å². The number of rotatable bonds is 4. The number of carbonyl (C=O) groups excluding carboxylic acids is 2. The molecule has 0 aliphatic heterocycles. The van der Waals surface area contributed by atoms with Crippen LogP contribution in [0.1, 0.15) is 45.0 Å². The maximum atomic E-state index is 12.4. The van der Waals surface area contributed by atoms with Gasteiger partial charge in [-0.25, -0.2) is 9.59 Å². The molecule has 1 N–H and O–H groups in total. The van der Waals surface area contributed by atoms with Crippen LogP contribution in [0.5, 0.6) is 0 Å². The van der Waals surface area contributed by atoms with Crippen LogP contribution in [0.3, 0.4) is 0 Å². The standard InChI is InChI=1S/C21H23N5O4/c1-6-13(2)29-19(27)16-11-12-22-26-17(24-25-18(16)26)14-7-9-15(10-8-14)23-20(28)30-21(3,4)5/h6-12H,1-5H3,(H,23,28)/b13-6-. The first kappa shape index (κ1) is 21.0. The summed E-state index contributed by atoms with van der Waals surface area (Å²) in [6.07, 6.45) is 2.64. The smallest absolute Gasteiger partial charge is 0.412 e. The number of anilines is 1. The number of allylic oxidation sites excluding steroid dienone is 2. The van der Waals surface area contributed by atoms with E-state index in [4.69, 9.17) is 9.47 Å². The molecule has 1 amide bonds. The van der Waals surface area contributed by atoms with Crippen LogP contribution in [0.15, 0.2) is 48.4 Å². The summed E-state index contributed by atoms with van der Waals surface area (Å²) in [7, 11) is 0. The van der Waals surface area contributed by atoms with Crippen LogP contribution in [0.25, 0.3) is 17.0 Å². The highest BCUT2D eigenvalue weighted by Crippen LogP contribution is 2.22. The summed E-state index contributed by atoms with van der Waals surface area (Å²) in [5, 5.41) is 15.2. The van der Waals surface area contributed by atoms with Gasteiger partial charge in [0.05, 0.1) is 0 Å². The number of carbonyl (C=O) groups is 2. The number of amides is 1. The van der Waals surface area contributed by atoms with Gasteiger partial charge in [0.1, 0.15) is 16.9 Å². The molecule has 0 spiro atoms. The summed E-state index contributed by atoms with van der Waals surface area (Å²) in [6, 6.07) is 8.49. The number of hydrogen-bond donors (Lipinski definition) is 1. The SMILES string of the molecule is C/C=C(/C)OC(=O)c1ccnn2c(-c3ccc(NC(=O)OC(C)(C)C)cc3)nnc12. The van der Waals surface area contributed by atoms with E-state index < -0.39 is 17.7 Å². The second-order valence-electron chi connectivity index (χ2n) is 7.50. The molecule has 2 aromatic heterocycles. The van der Waals surface area contributed by atoms with Gasteiger partial charge in [0.2, 0.25) is 0 Å². The lowest BCUT2D eigenvalue weighted by atomic mass is 10.2. The topological polar surface area (TPSA) is 108 Å².